The summed E-state index contributed by atoms with van der Waals surface area (Å²) in [4.78, 5) is 0. The fraction of sp³-hybridized carbons (Fsp3) is 0.667. The van der Waals surface area contributed by atoms with Gasteiger partial charge in [0.25, 0.3) is 0 Å². The lowest BCUT2D eigenvalue weighted by Gasteiger charge is -2.23. The molecule has 4 heteroatoms. The number of nitrogen functional groups attached to an aromatic ring is 1. The molecule has 1 aromatic rings. The van der Waals surface area contributed by atoms with Crippen molar-refractivity contribution < 1.29 is 0 Å². The summed E-state index contributed by atoms with van der Waals surface area (Å²) < 4.78 is 1.86. The molecular weight excluding hydrogens is 164 g/mol. The number of aromatic nitrogens is 2. The Balaban J connectivity index is 1.93. The van der Waals surface area contributed by atoms with Gasteiger partial charge in [-0.3, -0.25) is 0 Å². The molecule has 0 saturated carbocycles. The van der Waals surface area contributed by atoms with Crippen LogP contribution in [0.25, 0.3) is 0 Å². The van der Waals surface area contributed by atoms with Crippen LogP contribution in [0.3, 0.4) is 0 Å². The third kappa shape index (κ3) is 2.01. The quantitative estimate of drug-likeness (QED) is 0.701. The Morgan fingerprint density at radius 2 is 2.54 bits per heavy atom. The summed E-state index contributed by atoms with van der Waals surface area (Å²) >= 11 is 0. The normalized spacial score (nSPS) is 23.2. The molecule has 1 atom stereocenters. The molecule has 13 heavy (non-hydrogen) atoms. The number of hydrogen-bond donors (Lipinski definition) is 2. The predicted octanol–water partition coefficient (Wildman–Crippen LogP) is 0.607. The van der Waals surface area contributed by atoms with Crippen molar-refractivity contribution in [3.05, 3.63) is 12.3 Å². The Morgan fingerprint density at radius 1 is 1.62 bits per heavy atom. The van der Waals surface area contributed by atoms with E-state index < -0.39 is 0 Å². The maximum atomic E-state index is 5.73. The Morgan fingerprint density at radius 3 is 3.15 bits per heavy atom. The van der Waals surface area contributed by atoms with Crippen LogP contribution in [0.2, 0.25) is 0 Å². The van der Waals surface area contributed by atoms with Crippen LogP contribution in [0.1, 0.15) is 19.3 Å². The number of piperidine rings is 1. The van der Waals surface area contributed by atoms with E-state index in [2.05, 4.69) is 10.4 Å². The summed E-state index contributed by atoms with van der Waals surface area (Å²) in [5.74, 6) is 0.757. The van der Waals surface area contributed by atoms with E-state index in [4.69, 9.17) is 5.73 Å². The van der Waals surface area contributed by atoms with Gasteiger partial charge < -0.3 is 11.1 Å². The molecule has 0 amide bonds. The zero-order valence-corrected chi connectivity index (χ0v) is 7.74. The summed E-state index contributed by atoms with van der Waals surface area (Å²) in [5, 5.41) is 7.63. The maximum absolute atomic E-state index is 5.73. The molecule has 0 aromatic carbocycles. The van der Waals surface area contributed by atoms with Gasteiger partial charge in [-0.05, 0) is 25.5 Å². The molecule has 0 aliphatic carbocycles. The summed E-state index contributed by atoms with van der Waals surface area (Å²) in [5.41, 5.74) is 5.73. The number of anilines is 1. The lowest BCUT2D eigenvalue weighted by molar-refractivity contribution is 0.353. The third-order valence-corrected chi connectivity index (χ3v) is 2.56. The van der Waals surface area contributed by atoms with Crippen LogP contribution in [0, 0.1) is 0 Å². The molecule has 0 radical (unpaired) electrons. The molecular formula is C9H16N4. The summed E-state index contributed by atoms with van der Waals surface area (Å²) in [7, 11) is 0. The van der Waals surface area contributed by atoms with Crippen molar-refractivity contribution in [1.29, 1.82) is 0 Å². The van der Waals surface area contributed by atoms with Gasteiger partial charge in [0.15, 0.2) is 0 Å². The van der Waals surface area contributed by atoms with Crippen molar-refractivity contribution in [2.45, 2.75) is 31.8 Å². The largest absolute Gasteiger partial charge is 0.384 e. The zero-order chi connectivity index (χ0) is 9.10. The molecule has 0 spiro atoms. The third-order valence-electron chi connectivity index (χ3n) is 2.56. The van der Waals surface area contributed by atoms with Gasteiger partial charge in [-0.25, -0.2) is 4.68 Å². The first-order valence-electron chi connectivity index (χ1n) is 4.87. The molecule has 72 valence electrons. The number of hydrogen-bond acceptors (Lipinski definition) is 3. The van der Waals surface area contributed by atoms with Crippen LogP contribution in [-0.4, -0.2) is 22.4 Å². The molecule has 3 N–H and O–H groups in total. The van der Waals surface area contributed by atoms with Crippen LogP contribution < -0.4 is 11.1 Å². The highest BCUT2D eigenvalue weighted by atomic mass is 15.3. The molecule has 4 nitrogen and oxygen atoms in total. The number of nitrogens with two attached hydrogens (primary N) is 1. The van der Waals surface area contributed by atoms with Gasteiger partial charge >= 0.3 is 0 Å². The number of rotatable bonds is 2. The van der Waals surface area contributed by atoms with Crippen molar-refractivity contribution in [2.75, 3.05) is 12.3 Å². The first-order chi connectivity index (χ1) is 6.36. The van der Waals surface area contributed by atoms with E-state index in [-0.39, 0.29) is 0 Å². The summed E-state index contributed by atoms with van der Waals surface area (Å²) in [6.45, 7) is 2.03. The van der Waals surface area contributed by atoms with Gasteiger partial charge in [0.05, 0.1) is 12.7 Å². The van der Waals surface area contributed by atoms with Crippen LogP contribution in [0.15, 0.2) is 12.3 Å². The van der Waals surface area contributed by atoms with Crippen molar-refractivity contribution in [3.8, 4) is 0 Å². The van der Waals surface area contributed by atoms with E-state index in [9.17, 15) is 0 Å². The van der Waals surface area contributed by atoms with E-state index in [0.717, 1.165) is 18.9 Å². The van der Waals surface area contributed by atoms with E-state index in [1.165, 1.54) is 19.3 Å². The molecule has 1 aliphatic heterocycles. The summed E-state index contributed by atoms with van der Waals surface area (Å²) in [6, 6.07) is 2.39. The van der Waals surface area contributed by atoms with E-state index >= 15 is 0 Å². The first kappa shape index (κ1) is 8.56. The lowest BCUT2D eigenvalue weighted by Crippen LogP contribution is -2.37. The van der Waals surface area contributed by atoms with Gasteiger partial charge in [0.1, 0.15) is 5.82 Å². The Hall–Kier alpha value is -1.03. The monoisotopic (exact) mass is 180 g/mol. The highest BCUT2D eigenvalue weighted by molar-refractivity contribution is 5.25. The second-order valence-electron chi connectivity index (χ2n) is 3.59. The van der Waals surface area contributed by atoms with Crippen LogP contribution in [0.4, 0.5) is 5.82 Å². The Bertz CT molecular complexity index is 262. The van der Waals surface area contributed by atoms with Gasteiger partial charge in [-0.2, -0.15) is 5.10 Å². The van der Waals surface area contributed by atoms with Gasteiger partial charge in [0, 0.05) is 6.04 Å². The second kappa shape index (κ2) is 3.79. The molecule has 1 aromatic heterocycles. The molecule has 2 heterocycles. The smallest absolute Gasteiger partial charge is 0.121 e. The molecule has 1 aliphatic rings. The fourth-order valence-electron chi connectivity index (χ4n) is 1.78. The van der Waals surface area contributed by atoms with Crippen molar-refractivity contribution in [2.24, 2.45) is 0 Å². The topological polar surface area (TPSA) is 55.9 Å². The van der Waals surface area contributed by atoms with E-state index in [1.54, 1.807) is 6.20 Å². The fourth-order valence-corrected chi connectivity index (χ4v) is 1.78. The van der Waals surface area contributed by atoms with Gasteiger partial charge in [-0.15, -0.1) is 0 Å². The lowest BCUT2D eigenvalue weighted by atomic mass is 10.1. The minimum Gasteiger partial charge on any atom is -0.384 e. The van der Waals surface area contributed by atoms with Crippen LogP contribution >= 0.6 is 0 Å². The molecule has 0 bridgehead atoms. The number of nitrogens with one attached hydrogen (secondary N) is 1. The molecule has 0 unspecified atom stereocenters. The average Bonchev–Trinajstić information content (AvgIpc) is 2.54. The van der Waals surface area contributed by atoms with E-state index in [1.807, 2.05) is 10.7 Å². The average molecular weight is 180 g/mol. The molecule has 1 fully saturated rings. The van der Waals surface area contributed by atoms with Crippen LogP contribution in [0.5, 0.6) is 0 Å². The van der Waals surface area contributed by atoms with Crippen molar-refractivity contribution in [1.82, 2.24) is 15.1 Å². The highest BCUT2D eigenvalue weighted by Gasteiger charge is 2.13. The summed E-state index contributed by atoms with van der Waals surface area (Å²) in [6.07, 6.45) is 5.60. The SMILES string of the molecule is Nc1ccnn1C[C@H]1CCCCN1. The predicted molar refractivity (Wildman–Crippen MR) is 52.3 cm³/mol. The first-order valence-corrected chi connectivity index (χ1v) is 4.87. The number of nitrogens with zero attached hydrogens (tertiary/aromatic N) is 2. The maximum Gasteiger partial charge on any atom is 0.121 e. The molecule has 2 rings (SSSR count). The van der Waals surface area contributed by atoms with Crippen molar-refractivity contribution >= 4 is 5.82 Å². The standard InChI is InChI=1S/C9H16N4/c10-9-4-6-12-13(9)7-8-3-1-2-5-11-8/h4,6,8,11H,1-3,5,7,10H2/t8-/m1/s1. The zero-order valence-electron chi connectivity index (χ0n) is 7.74. The Labute approximate surface area is 78.1 Å². The minimum absolute atomic E-state index is 0.552. The van der Waals surface area contributed by atoms with Crippen molar-refractivity contribution in [3.63, 3.8) is 0 Å². The van der Waals surface area contributed by atoms with Gasteiger partial charge in [0.2, 0.25) is 0 Å². The highest BCUT2D eigenvalue weighted by Crippen LogP contribution is 2.10. The van der Waals surface area contributed by atoms with Crippen LogP contribution in [-0.2, 0) is 6.54 Å². The van der Waals surface area contributed by atoms with Gasteiger partial charge in [-0.1, -0.05) is 6.42 Å². The van der Waals surface area contributed by atoms with E-state index in [0.29, 0.717) is 6.04 Å². The Kier molecular flexibility index (Phi) is 2.49. The second-order valence-corrected chi connectivity index (χ2v) is 3.59. The molecule has 1 saturated heterocycles. The minimum atomic E-state index is 0.552.